The number of carbonyl (C=O) groups is 1. The first-order valence-electron chi connectivity index (χ1n) is 12.5. The van der Waals surface area contributed by atoms with E-state index in [1.807, 2.05) is 60.7 Å². The lowest BCUT2D eigenvalue weighted by molar-refractivity contribution is -0.134. The minimum Gasteiger partial charge on any atom is -0.480 e. The highest BCUT2D eigenvalue weighted by Crippen LogP contribution is 2.39. The first-order chi connectivity index (χ1) is 18.2. The highest BCUT2D eigenvalue weighted by molar-refractivity contribution is 5.87. The lowest BCUT2D eigenvalue weighted by atomic mass is 9.98. The highest BCUT2D eigenvalue weighted by atomic mass is 16.4. The molecule has 5 heteroatoms. The Kier molecular flexibility index (Phi) is 8.39. The molecule has 0 radical (unpaired) electrons. The molecule has 0 fully saturated rings. The van der Waals surface area contributed by atoms with E-state index in [1.165, 1.54) is 0 Å². The Bertz CT molecular complexity index is 1510. The Morgan fingerprint density at radius 3 is 2.05 bits per heavy atom. The van der Waals surface area contributed by atoms with Crippen LogP contribution < -0.4 is 5.32 Å². The van der Waals surface area contributed by atoms with Crippen molar-refractivity contribution in [3.05, 3.63) is 109 Å². The fraction of sp³-hybridized carbons (Fsp3) is 0.152. The topological polar surface area (TPSA) is 67.2 Å². The zero-order valence-corrected chi connectivity index (χ0v) is 20.8. The van der Waals surface area contributed by atoms with Gasteiger partial charge >= 0.3 is 5.97 Å². The van der Waals surface area contributed by atoms with Gasteiger partial charge in [0.05, 0.1) is 11.4 Å². The van der Waals surface area contributed by atoms with Gasteiger partial charge in [0.15, 0.2) is 0 Å². The van der Waals surface area contributed by atoms with Crippen molar-refractivity contribution in [3.63, 3.8) is 0 Å². The van der Waals surface area contributed by atoms with Gasteiger partial charge in [-0.05, 0) is 29.7 Å². The maximum absolute atomic E-state index is 11.1. The molecule has 0 saturated heterocycles. The van der Waals surface area contributed by atoms with Crippen molar-refractivity contribution in [1.82, 2.24) is 9.55 Å². The quantitative estimate of drug-likeness (QED) is 0.213. The molecule has 192 valence electrons. The van der Waals surface area contributed by atoms with Crippen molar-refractivity contribution in [2.75, 3.05) is 11.9 Å². The van der Waals surface area contributed by atoms with E-state index in [0.29, 0.717) is 0 Å². The van der Waals surface area contributed by atoms with Crippen LogP contribution in [0.4, 0.5) is 5.69 Å². The maximum Gasteiger partial charge on any atom is 0.322 e. The Morgan fingerprint density at radius 1 is 0.789 bits per heavy atom. The summed E-state index contributed by atoms with van der Waals surface area (Å²) >= 11 is 0. The lowest BCUT2D eigenvalue weighted by Crippen LogP contribution is -2.12. The van der Waals surface area contributed by atoms with Gasteiger partial charge in [-0.25, -0.2) is 4.98 Å². The summed E-state index contributed by atoms with van der Waals surface area (Å²) < 4.78 is 2.34. The molecule has 0 aliphatic heterocycles. The number of imidazole rings is 1. The Hall–Kier alpha value is -4.64. The van der Waals surface area contributed by atoms with Crippen molar-refractivity contribution in [3.8, 4) is 45.0 Å². The van der Waals surface area contributed by atoms with Crippen molar-refractivity contribution >= 4 is 11.7 Å². The molecule has 0 unspecified atom stereocenters. The summed E-state index contributed by atoms with van der Waals surface area (Å²) in [6.45, 7) is 2.88. The summed E-state index contributed by atoms with van der Waals surface area (Å²) in [5, 5.41) is 12.1. The number of hydrogen-bond acceptors (Lipinski definition) is 3. The fourth-order valence-electron chi connectivity index (χ4n) is 4.69. The van der Waals surface area contributed by atoms with Crippen LogP contribution in [0, 0.1) is 0 Å². The van der Waals surface area contributed by atoms with Crippen molar-refractivity contribution in [2.24, 2.45) is 0 Å². The SMILES string of the molecule is C.CCCn1c(-c2ccccc2-c2cccc(NCC(=O)O)c2)nc(-c2ccccc2)c1-c1ccccc1. The minimum atomic E-state index is -0.894. The summed E-state index contributed by atoms with van der Waals surface area (Å²) in [5.74, 6) is 0.0216. The Balaban J connectivity index is 0.00000336. The van der Waals surface area contributed by atoms with E-state index in [4.69, 9.17) is 10.1 Å². The molecular weight excluding hydrogens is 470 g/mol. The molecular formula is C33H33N3O2. The molecule has 0 aliphatic carbocycles. The van der Waals surface area contributed by atoms with Crippen LogP contribution in [0.25, 0.3) is 45.0 Å². The molecule has 5 nitrogen and oxygen atoms in total. The zero-order valence-electron chi connectivity index (χ0n) is 20.8. The zero-order chi connectivity index (χ0) is 25.6. The largest absolute Gasteiger partial charge is 0.480 e. The summed E-state index contributed by atoms with van der Waals surface area (Å²) in [4.78, 5) is 16.3. The Morgan fingerprint density at radius 2 is 1.39 bits per heavy atom. The van der Waals surface area contributed by atoms with Gasteiger partial charge in [-0.2, -0.15) is 0 Å². The van der Waals surface area contributed by atoms with E-state index in [-0.39, 0.29) is 14.0 Å². The van der Waals surface area contributed by atoms with E-state index < -0.39 is 5.97 Å². The second kappa shape index (κ2) is 12.1. The number of rotatable bonds is 9. The molecule has 0 bridgehead atoms. The van der Waals surface area contributed by atoms with Crippen LogP contribution in [-0.2, 0) is 11.3 Å². The second-order valence-electron chi connectivity index (χ2n) is 8.89. The van der Waals surface area contributed by atoms with Crippen LogP contribution in [0.3, 0.4) is 0 Å². The number of carboxylic acid groups (broad SMARTS) is 1. The van der Waals surface area contributed by atoms with Crippen LogP contribution in [-0.4, -0.2) is 27.2 Å². The molecule has 0 atom stereocenters. The molecule has 1 heterocycles. The molecule has 0 amide bonds. The molecule has 0 saturated carbocycles. The van der Waals surface area contributed by atoms with Gasteiger partial charge in [-0.3, -0.25) is 4.79 Å². The van der Waals surface area contributed by atoms with E-state index in [2.05, 4.69) is 65.3 Å². The molecule has 0 spiro atoms. The summed E-state index contributed by atoms with van der Waals surface area (Å²) in [5.41, 5.74) is 8.12. The Labute approximate surface area is 224 Å². The van der Waals surface area contributed by atoms with Gasteiger partial charge in [0.2, 0.25) is 0 Å². The number of nitrogens with one attached hydrogen (secondary N) is 1. The van der Waals surface area contributed by atoms with Crippen molar-refractivity contribution < 1.29 is 9.90 Å². The fourth-order valence-corrected chi connectivity index (χ4v) is 4.69. The van der Waals surface area contributed by atoms with Crippen LogP contribution in [0.2, 0.25) is 0 Å². The van der Waals surface area contributed by atoms with Gasteiger partial charge in [0.1, 0.15) is 12.4 Å². The minimum absolute atomic E-state index is 0. The van der Waals surface area contributed by atoms with E-state index >= 15 is 0 Å². The molecule has 2 N–H and O–H groups in total. The van der Waals surface area contributed by atoms with Gasteiger partial charge in [-0.1, -0.05) is 111 Å². The second-order valence-corrected chi connectivity index (χ2v) is 8.89. The third-order valence-corrected chi connectivity index (χ3v) is 6.29. The number of aliphatic carboxylic acids is 1. The number of hydrogen-bond donors (Lipinski definition) is 2. The van der Waals surface area contributed by atoms with E-state index in [0.717, 1.165) is 63.7 Å². The predicted octanol–water partition coefficient (Wildman–Crippen LogP) is 8.09. The number of anilines is 1. The van der Waals surface area contributed by atoms with Crippen molar-refractivity contribution in [2.45, 2.75) is 27.3 Å². The molecule has 4 aromatic carbocycles. The number of aromatic nitrogens is 2. The first kappa shape index (κ1) is 26.4. The summed E-state index contributed by atoms with van der Waals surface area (Å²) in [6, 6.07) is 36.9. The average Bonchev–Trinajstić information content (AvgIpc) is 3.32. The highest BCUT2D eigenvalue weighted by Gasteiger charge is 2.22. The van der Waals surface area contributed by atoms with Crippen LogP contribution in [0.15, 0.2) is 109 Å². The van der Waals surface area contributed by atoms with Gasteiger partial charge < -0.3 is 15.0 Å². The normalized spacial score (nSPS) is 10.6. The smallest absolute Gasteiger partial charge is 0.322 e. The van der Waals surface area contributed by atoms with E-state index in [9.17, 15) is 4.79 Å². The maximum atomic E-state index is 11.1. The third-order valence-electron chi connectivity index (χ3n) is 6.29. The summed E-state index contributed by atoms with van der Waals surface area (Å²) in [7, 11) is 0. The van der Waals surface area contributed by atoms with Crippen molar-refractivity contribution in [1.29, 1.82) is 0 Å². The third kappa shape index (κ3) is 5.52. The summed E-state index contributed by atoms with van der Waals surface area (Å²) in [6.07, 6.45) is 0.966. The molecule has 38 heavy (non-hydrogen) atoms. The van der Waals surface area contributed by atoms with Gasteiger partial charge in [0.25, 0.3) is 0 Å². The predicted molar refractivity (Wildman–Crippen MR) is 157 cm³/mol. The molecule has 5 rings (SSSR count). The van der Waals surface area contributed by atoms with Crippen LogP contribution >= 0.6 is 0 Å². The van der Waals surface area contributed by atoms with Crippen LogP contribution in [0.1, 0.15) is 20.8 Å². The lowest BCUT2D eigenvalue weighted by Gasteiger charge is -2.15. The van der Waals surface area contributed by atoms with Gasteiger partial charge in [-0.15, -0.1) is 0 Å². The standard InChI is InChI=1S/C32H29N3O2.CH4/c1-2-20-35-31(24-14-7-4-8-15-24)30(23-12-5-3-6-13-23)34-32(35)28-19-10-9-18-27(28)25-16-11-17-26(21-25)33-22-29(36)37;/h3-19,21,33H,2,20,22H2,1H3,(H,36,37);1H4. The van der Waals surface area contributed by atoms with Crippen LogP contribution in [0.5, 0.6) is 0 Å². The molecule has 5 aromatic rings. The molecule has 1 aromatic heterocycles. The number of benzene rings is 4. The van der Waals surface area contributed by atoms with Gasteiger partial charge in [0, 0.05) is 28.9 Å². The monoisotopic (exact) mass is 503 g/mol. The van der Waals surface area contributed by atoms with E-state index in [1.54, 1.807) is 0 Å². The molecule has 0 aliphatic rings. The first-order valence-corrected chi connectivity index (χ1v) is 12.5. The number of nitrogens with zero attached hydrogens (tertiary/aromatic N) is 2. The average molecular weight is 504 g/mol. The number of carboxylic acids is 1.